The molecule has 8 nitrogen and oxygen atoms in total. The van der Waals surface area contributed by atoms with Crippen LogP contribution in [-0.4, -0.2) is 25.4 Å². The van der Waals surface area contributed by atoms with Crippen molar-refractivity contribution in [3.8, 4) is 17.1 Å². The minimum atomic E-state index is -0.462. The van der Waals surface area contributed by atoms with Crippen molar-refractivity contribution in [1.29, 1.82) is 0 Å². The van der Waals surface area contributed by atoms with Crippen molar-refractivity contribution < 1.29 is 4.79 Å². The van der Waals surface area contributed by atoms with Crippen molar-refractivity contribution in [1.82, 2.24) is 30.2 Å². The molecule has 0 saturated heterocycles. The van der Waals surface area contributed by atoms with Gasteiger partial charge in [-0.15, -0.1) is 16.4 Å². The summed E-state index contributed by atoms with van der Waals surface area (Å²) >= 11 is 1.42. The summed E-state index contributed by atoms with van der Waals surface area (Å²) < 4.78 is 3.55. The third-order valence-electron chi connectivity index (χ3n) is 5.94. The van der Waals surface area contributed by atoms with Gasteiger partial charge in [-0.2, -0.15) is 4.99 Å². The number of aryl methyl sites for hydroxylation is 1. The fourth-order valence-corrected chi connectivity index (χ4v) is 4.52. The zero-order chi connectivity index (χ0) is 26.5. The predicted octanol–water partition coefficient (Wildman–Crippen LogP) is 5.76. The number of nitrogens with zero attached hydrogens (tertiary/aromatic N) is 5. The number of carbonyl (C=O) groups excluding carboxylic acids is 1. The van der Waals surface area contributed by atoms with Crippen molar-refractivity contribution in [3.63, 3.8) is 0 Å². The summed E-state index contributed by atoms with van der Waals surface area (Å²) in [5.74, 6) is 0.942. The first-order chi connectivity index (χ1) is 17.8. The van der Waals surface area contributed by atoms with E-state index in [4.69, 9.17) is 0 Å². The highest BCUT2D eigenvalue weighted by Crippen LogP contribution is 2.24. The SMILES string of the molecule is C=CC(=C)n1cnc(-c2ccc(C(C)NNC(=O)/N=c3\sccn3-c3cc(C)ccc3C(C)C)cc2)n1. The molecule has 0 saturated carbocycles. The summed E-state index contributed by atoms with van der Waals surface area (Å²) in [6, 6.07) is 13.6. The smallest absolute Gasteiger partial charge is 0.292 e. The average Bonchev–Trinajstić information content (AvgIpc) is 3.57. The van der Waals surface area contributed by atoms with E-state index in [0.717, 1.165) is 22.4 Å². The van der Waals surface area contributed by atoms with E-state index in [1.54, 1.807) is 17.1 Å². The van der Waals surface area contributed by atoms with Gasteiger partial charge in [0.15, 0.2) is 10.6 Å². The number of benzene rings is 2. The van der Waals surface area contributed by atoms with Gasteiger partial charge in [0.2, 0.25) is 0 Å². The maximum absolute atomic E-state index is 12.7. The molecule has 0 aliphatic carbocycles. The third-order valence-corrected chi connectivity index (χ3v) is 6.70. The van der Waals surface area contributed by atoms with E-state index in [9.17, 15) is 4.79 Å². The van der Waals surface area contributed by atoms with E-state index in [1.807, 2.05) is 47.3 Å². The molecule has 1 unspecified atom stereocenters. The molecule has 2 aromatic carbocycles. The Kier molecular flexibility index (Phi) is 7.95. The number of nitrogens with one attached hydrogen (secondary N) is 2. The first-order valence-electron chi connectivity index (χ1n) is 12.0. The quantitative estimate of drug-likeness (QED) is 0.232. The highest BCUT2D eigenvalue weighted by atomic mass is 32.1. The number of hydrogen-bond acceptors (Lipinski definition) is 5. The standard InChI is InChI=1S/C28H31N7OS/c1-7-20(5)35-17-29-26(33-35)23-11-9-22(10-12-23)21(6)31-32-27(36)30-28-34(14-15-37-28)25-16-19(4)8-13-24(25)18(2)3/h7-18,21,31H,1,5H2,2-4,6H3,(H,32,36)/b30-28-. The number of allylic oxidation sites excluding steroid dienone is 2. The normalized spacial score (nSPS) is 12.5. The lowest BCUT2D eigenvalue weighted by atomic mass is 9.99. The van der Waals surface area contributed by atoms with Gasteiger partial charge in [0.05, 0.1) is 11.4 Å². The van der Waals surface area contributed by atoms with Gasteiger partial charge in [-0.25, -0.2) is 19.9 Å². The molecule has 0 bridgehead atoms. The molecule has 0 fully saturated rings. The molecule has 0 radical (unpaired) electrons. The number of amides is 2. The van der Waals surface area contributed by atoms with Crippen LogP contribution in [0.4, 0.5) is 4.79 Å². The number of hydrogen-bond donors (Lipinski definition) is 2. The van der Waals surface area contributed by atoms with Crippen molar-refractivity contribution in [2.24, 2.45) is 4.99 Å². The Bertz CT molecular complexity index is 1490. The molecule has 4 aromatic rings. The molecule has 0 spiro atoms. The first kappa shape index (κ1) is 26.0. The topological polar surface area (TPSA) is 89.1 Å². The number of thiazole rings is 1. The molecule has 0 aliphatic rings. The van der Waals surface area contributed by atoms with Crippen LogP contribution in [0, 0.1) is 6.92 Å². The molecular weight excluding hydrogens is 482 g/mol. The fraction of sp³-hybridized carbons (Fsp3) is 0.214. The Morgan fingerprint density at radius 1 is 1.16 bits per heavy atom. The maximum atomic E-state index is 12.7. The lowest BCUT2D eigenvalue weighted by Crippen LogP contribution is -2.38. The molecule has 2 heterocycles. The minimum Gasteiger partial charge on any atom is -0.292 e. The Morgan fingerprint density at radius 3 is 2.62 bits per heavy atom. The summed E-state index contributed by atoms with van der Waals surface area (Å²) in [5.41, 5.74) is 11.7. The number of rotatable bonds is 8. The second-order valence-electron chi connectivity index (χ2n) is 9.01. The van der Waals surface area contributed by atoms with Crippen LogP contribution in [-0.2, 0) is 0 Å². The lowest BCUT2D eigenvalue weighted by molar-refractivity contribution is 0.242. The van der Waals surface area contributed by atoms with Crippen molar-refractivity contribution in [2.75, 3.05) is 0 Å². The third kappa shape index (κ3) is 6.02. The molecule has 190 valence electrons. The highest BCUT2D eigenvalue weighted by molar-refractivity contribution is 7.07. The summed E-state index contributed by atoms with van der Waals surface area (Å²) in [7, 11) is 0. The Hall–Kier alpha value is -4.08. The van der Waals surface area contributed by atoms with Crippen LogP contribution in [0.25, 0.3) is 22.8 Å². The van der Waals surface area contributed by atoms with Gasteiger partial charge in [-0.3, -0.25) is 9.99 Å². The highest BCUT2D eigenvalue weighted by Gasteiger charge is 2.12. The van der Waals surface area contributed by atoms with Crippen LogP contribution < -0.4 is 15.7 Å². The van der Waals surface area contributed by atoms with Crippen LogP contribution >= 0.6 is 11.3 Å². The van der Waals surface area contributed by atoms with Crippen LogP contribution in [0.3, 0.4) is 0 Å². The monoisotopic (exact) mass is 513 g/mol. The molecule has 0 aliphatic heterocycles. The molecule has 9 heteroatoms. The number of carbonyl (C=O) groups is 1. The van der Waals surface area contributed by atoms with Gasteiger partial charge in [-0.05, 0) is 48.6 Å². The van der Waals surface area contributed by atoms with E-state index in [0.29, 0.717) is 22.2 Å². The van der Waals surface area contributed by atoms with Crippen LogP contribution in [0.5, 0.6) is 0 Å². The van der Waals surface area contributed by atoms with E-state index in [1.165, 1.54) is 16.9 Å². The van der Waals surface area contributed by atoms with Crippen molar-refractivity contribution in [2.45, 2.75) is 39.7 Å². The Labute approximate surface area is 220 Å². The van der Waals surface area contributed by atoms with Gasteiger partial charge >= 0.3 is 6.03 Å². The van der Waals surface area contributed by atoms with E-state index in [2.05, 4.69) is 78.1 Å². The molecule has 2 N–H and O–H groups in total. The van der Waals surface area contributed by atoms with Crippen LogP contribution in [0.1, 0.15) is 49.4 Å². The van der Waals surface area contributed by atoms with E-state index < -0.39 is 6.03 Å². The number of aromatic nitrogens is 4. The molecular formula is C28H31N7OS. The van der Waals surface area contributed by atoms with Crippen LogP contribution in [0.2, 0.25) is 0 Å². The molecule has 1 atom stereocenters. The lowest BCUT2D eigenvalue weighted by Gasteiger charge is -2.15. The van der Waals surface area contributed by atoms with Crippen LogP contribution in [0.15, 0.2) is 84.6 Å². The summed E-state index contributed by atoms with van der Waals surface area (Å²) in [6.45, 7) is 15.9. The van der Waals surface area contributed by atoms with Gasteiger partial charge in [-0.1, -0.05) is 63.4 Å². The first-order valence-corrected chi connectivity index (χ1v) is 12.9. The zero-order valence-electron chi connectivity index (χ0n) is 21.5. The van der Waals surface area contributed by atoms with Gasteiger partial charge in [0.1, 0.15) is 6.33 Å². The fourth-order valence-electron chi connectivity index (χ4n) is 3.80. The number of urea groups is 1. The molecule has 37 heavy (non-hydrogen) atoms. The predicted molar refractivity (Wildman–Crippen MR) is 149 cm³/mol. The number of hydrazine groups is 1. The Morgan fingerprint density at radius 2 is 1.92 bits per heavy atom. The van der Waals surface area contributed by atoms with E-state index >= 15 is 0 Å². The van der Waals surface area contributed by atoms with Gasteiger partial charge in [0, 0.05) is 23.2 Å². The Balaban J connectivity index is 1.44. The van der Waals surface area contributed by atoms with Gasteiger partial charge in [0.25, 0.3) is 0 Å². The summed E-state index contributed by atoms with van der Waals surface area (Å²) in [4.78, 5) is 21.9. The van der Waals surface area contributed by atoms with Crippen molar-refractivity contribution >= 4 is 23.1 Å². The maximum Gasteiger partial charge on any atom is 0.357 e. The minimum absolute atomic E-state index is 0.140. The van der Waals surface area contributed by atoms with Crippen molar-refractivity contribution in [3.05, 3.63) is 101 Å². The molecule has 4 rings (SSSR count). The molecule has 2 aromatic heterocycles. The second kappa shape index (κ2) is 11.3. The second-order valence-corrected chi connectivity index (χ2v) is 9.88. The summed E-state index contributed by atoms with van der Waals surface area (Å²) in [6.07, 6.45) is 5.18. The molecule has 2 amide bonds. The largest absolute Gasteiger partial charge is 0.357 e. The van der Waals surface area contributed by atoms with E-state index in [-0.39, 0.29) is 6.04 Å². The van der Waals surface area contributed by atoms with Gasteiger partial charge < -0.3 is 0 Å². The summed E-state index contributed by atoms with van der Waals surface area (Å²) in [5, 5.41) is 6.35. The average molecular weight is 514 g/mol. The zero-order valence-corrected chi connectivity index (χ0v) is 22.3.